The van der Waals surface area contributed by atoms with Crippen LogP contribution in [-0.4, -0.2) is 29.0 Å². The maximum absolute atomic E-state index is 10.5. The second-order valence-electron chi connectivity index (χ2n) is 5.85. The fourth-order valence-electron chi connectivity index (χ4n) is 2.57. The molecular formula is C18H21N3O3. The Balaban J connectivity index is 1.65. The van der Waals surface area contributed by atoms with Crippen molar-refractivity contribution in [1.29, 1.82) is 0 Å². The number of H-pyrrole nitrogens is 1. The van der Waals surface area contributed by atoms with Crippen molar-refractivity contribution < 1.29 is 14.3 Å². The SMILES string of the molecule is COc1ccc(-c2[nH]ncc2CNCC(C)(O)c2ccco2)cc1. The van der Waals surface area contributed by atoms with Crippen LogP contribution < -0.4 is 10.1 Å². The molecular weight excluding hydrogens is 306 g/mol. The highest BCUT2D eigenvalue weighted by Crippen LogP contribution is 2.24. The molecule has 0 fully saturated rings. The first-order valence-corrected chi connectivity index (χ1v) is 7.74. The number of nitrogens with one attached hydrogen (secondary N) is 2. The van der Waals surface area contributed by atoms with Crippen molar-refractivity contribution in [3.63, 3.8) is 0 Å². The molecule has 1 unspecified atom stereocenters. The van der Waals surface area contributed by atoms with Crippen LogP contribution in [0.4, 0.5) is 0 Å². The van der Waals surface area contributed by atoms with Gasteiger partial charge >= 0.3 is 0 Å². The van der Waals surface area contributed by atoms with E-state index in [2.05, 4.69) is 15.5 Å². The van der Waals surface area contributed by atoms with Gasteiger partial charge < -0.3 is 19.6 Å². The van der Waals surface area contributed by atoms with E-state index in [9.17, 15) is 5.11 Å². The van der Waals surface area contributed by atoms with Crippen LogP contribution in [0.3, 0.4) is 0 Å². The van der Waals surface area contributed by atoms with Gasteiger partial charge in [-0.1, -0.05) is 0 Å². The lowest BCUT2D eigenvalue weighted by Gasteiger charge is -2.21. The number of furan rings is 1. The molecule has 0 spiro atoms. The highest BCUT2D eigenvalue weighted by Gasteiger charge is 2.25. The number of hydrogen-bond donors (Lipinski definition) is 3. The van der Waals surface area contributed by atoms with E-state index in [0.717, 1.165) is 22.6 Å². The zero-order chi connectivity index (χ0) is 17.0. The summed E-state index contributed by atoms with van der Waals surface area (Å²) >= 11 is 0. The molecule has 6 heteroatoms. The van der Waals surface area contributed by atoms with Gasteiger partial charge in [-0.25, -0.2) is 0 Å². The minimum Gasteiger partial charge on any atom is -0.497 e. The number of hydrogen-bond acceptors (Lipinski definition) is 5. The Kier molecular flexibility index (Phi) is 4.69. The average molecular weight is 327 g/mol. The predicted octanol–water partition coefficient (Wildman–Crippen LogP) is 2.68. The third-order valence-corrected chi connectivity index (χ3v) is 3.93. The van der Waals surface area contributed by atoms with Crippen LogP contribution >= 0.6 is 0 Å². The zero-order valence-electron chi connectivity index (χ0n) is 13.7. The topological polar surface area (TPSA) is 83.3 Å². The Bertz CT molecular complexity index is 761. The largest absolute Gasteiger partial charge is 0.497 e. The molecule has 3 rings (SSSR count). The number of aromatic nitrogens is 2. The van der Waals surface area contributed by atoms with Gasteiger partial charge in [0.25, 0.3) is 0 Å². The number of nitrogens with zero attached hydrogens (tertiary/aromatic N) is 1. The zero-order valence-corrected chi connectivity index (χ0v) is 13.7. The van der Waals surface area contributed by atoms with Crippen molar-refractivity contribution in [3.8, 4) is 17.0 Å². The number of ether oxygens (including phenoxy) is 1. The molecule has 24 heavy (non-hydrogen) atoms. The smallest absolute Gasteiger partial charge is 0.136 e. The molecule has 3 aromatic rings. The van der Waals surface area contributed by atoms with Gasteiger partial charge in [0.1, 0.15) is 17.1 Å². The third kappa shape index (κ3) is 3.50. The van der Waals surface area contributed by atoms with Gasteiger partial charge in [0.2, 0.25) is 0 Å². The van der Waals surface area contributed by atoms with Gasteiger partial charge in [-0.05, 0) is 43.3 Å². The summed E-state index contributed by atoms with van der Waals surface area (Å²) in [5.41, 5.74) is 1.94. The van der Waals surface area contributed by atoms with Crippen molar-refractivity contribution >= 4 is 0 Å². The van der Waals surface area contributed by atoms with Crippen LogP contribution in [0.1, 0.15) is 18.2 Å². The average Bonchev–Trinajstić information content (AvgIpc) is 3.27. The Hall–Kier alpha value is -2.57. The third-order valence-electron chi connectivity index (χ3n) is 3.93. The summed E-state index contributed by atoms with van der Waals surface area (Å²) < 4.78 is 10.5. The summed E-state index contributed by atoms with van der Waals surface area (Å²) in [6.07, 6.45) is 3.34. The van der Waals surface area contributed by atoms with E-state index in [4.69, 9.17) is 9.15 Å². The van der Waals surface area contributed by atoms with Gasteiger partial charge in [0, 0.05) is 24.2 Å². The first-order chi connectivity index (χ1) is 11.6. The molecule has 1 atom stereocenters. The van der Waals surface area contributed by atoms with Crippen LogP contribution in [0.2, 0.25) is 0 Å². The summed E-state index contributed by atoms with van der Waals surface area (Å²) in [6.45, 7) is 2.67. The number of aliphatic hydroxyl groups is 1. The van der Waals surface area contributed by atoms with E-state index in [1.165, 1.54) is 0 Å². The minimum absolute atomic E-state index is 0.369. The lowest BCUT2D eigenvalue weighted by Crippen LogP contribution is -2.34. The highest BCUT2D eigenvalue weighted by molar-refractivity contribution is 5.63. The number of rotatable bonds is 7. The normalized spacial score (nSPS) is 13.6. The van der Waals surface area contributed by atoms with E-state index in [1.807, 2.05) is 24.3 Å². The predicted molar refractivity (Wildman–Crippen MR) is 90.6 cm³/mol. The molecule has 0 saturated heterocycles. The van der Waals surface area contributed by atoms with Crippen molar-refractivity contribution in [2.24, 2.45) is 0 Å². The monoisotopic (exact) mass is 327 g/mol. The van der Waals surface area contributed by atoms with Crippen molar-refractivity contribution in [2.75, 3.05) is 13.7 Å². The first kappa shape index (κ1) is 16.3. The lowest BCUT2D eigenvalue weighted by atomic mass is 10.0. The first-order valence-electron chi connectivity index (χ1n) is 7.74. The van der Waals surface area contributed by atoms with Gasteiger partial charge in [0.05, 0.1) is 25.3 Å². The molecule has 0 saturated carbocycles. The van der Waals surface area contributed by atoms with Gasteiger partial charge in [-0.2, -0.15) is 5.10 Å². The van der Waals surface area contributed by atoms with Crippen molar-refractivity contribution in [3.05, 3.63) is 60.2 Å². The molecule has 0 radical (unpaired) electrons. The molecule has 3 N–H and O–H groups in total. The summed E-state index contributed by atoms with van der Waals surface area (Å²) in [5, 5.41) is 20.9. The summed E-state index contributed by atoms with van der Waals surface area (Å²) in [6, 6.07) is 11.3. The van der Waals surface area contributed by atoms with Crippen LogP contribution in [0, 0.1) is 0 Å². The molecule has 0 aliphatic rings. The molecule has 2 heterocycles. The van der Waals surface area contributed by atoms with E-state index < -0.39 is 5.60 Å². The fraction of sp³-hybridized carbons (Fsp3) is 0.278. The summed E-state index contributed by atoms with van der Waals surface area (Å²) in [4.78, 5) is 0. The van der Waals surface area contributed by atoms with Crippen molar-refractivity contribution in [1.82, 2.24) is 15.5 Å². The van der Waals surface area contributed by atoms with Gasteiger partial charge in [0.15, 0.2) is 0 Å². The standard InChI is InChI=1S/C18H21N3O3/c1-18(22,16-4-3-9-24-16)12-19-10-14-11-20-21-17(14)13-5-7-15(23-2)8-6-13/h3-9,11,19,22H,10,12H2,1-2H3,(H,20,21). The van der Waals surface area contributed by atoms with Crippen LogP contribution in [-0.2, 0) is 12.1 Å². The van der Waals surface area contributed by atoms with E-state index in [-0.39, 0.29) is 0 Å². The molecule has 2 aromatic heterocycles. The minimum atomic E-state index is -1.06. The van der Waals surface area contributed by atoms with E-state index in [0.29, 0.717) is 18.8 Å². The second-order valence-corrected chi connectivity index (χ2v) is 5.85. The highest BCUT2D eigenvalue weighted by atomic mass is 16.5. The molecule has 0 bridgehead atoms. The number of methoxy groups -OCH3 is 1. The van der Waals surface area contributed by atoms with Crippen LogP contribution in [0.5, 0.6) is 5.75 Å². The second kappa shape index (κ2) is 6.90. The fourth-order valence-corrected chi connectivity index (χ4v) is 2.57. The maximum Gasteiger partial charge on any atom is 0.136 e. The van der Waals surface area contributed by atoms with Crippen LogP contribution in [0.25, 0.3) is 11.3 Å². The maximum atomic E-state index is 10.5. The molecule has 0 aliphatic carbocycles. The number of benzene rings is 1. The Labute approximate surface area is 140 Å². The molecule has 126 valence electrons. The number of aromatic amines is 1. The molecule has 6 nitrogen and oxygen atoms in total. The Morgan fingerprint density at radius 1 is 1.29 bits per heavy atom. The molecule has 0 amide bonds. The quantitative estimate of drug-likeness (QED) is 0.621. The molecule has 0 aliphatic heterocycles. The van der Waals surface area contributed by atoms with E-state index >= 15 is 0 Å². The Morgan fingerprint density at radius 2 is 2.08 bits per heavy atom. The van der Waals surface area contributed by atoms with E-state index in [1.54, 1.807) is 38.6 Å². The van der Waals surface area contributed by atoms with Crippen LogP contribution in [0.15, 0.2) is 53.3 Å². The summed E-state index contributed by atoms with van der Waals surface area (Å²) in [5.74, 6) is 1.35. The summed E-state index contributed by atoms with van der Waals surface area (Å²) in [7, 11) is 1.64. The van der Waals surface area contributed by atoms with Crippen molar-refractivity contribution in [2.45, 2.75) is 19.1 Å². The Morgan fingerprint density at radius 3 is 2.75 bits per heavy atom. The molecule has 1 aromatic carbocycles. The lowest BCUT2D eigenvalue weighted by molar-refractivity contribution is 0.0340. The van der Waals surface area contributed by atoms with Gasteiger partial charge in [-0.3, -0.25) is 5.10 Å². The van der Waals surface area contributed by atoms with Gasteiger partial charge in [-0.15, -0.1) is 0 Å².